The third kappa shape index (κ3) is 2.00. The number of hydrogen-bond donors (Lipinski definition) is 2. The third-order valence-electron chi connectivity index (χ3n) is 2.64. The maximum Gasteiger partial charge on any atom is 0.239 e. The van der Waals surface area contributed by atoms with Crippen LogP contribution in [0, 0.1) is 0 Å². The molecule has 3 atom stereocenters. The van der Waals surface area contributed by atoms with Gasteiger partial charge in [-0.1, -0.05) is 0 Å². The zero-order valence-electron chi connectivity index (χ0n) is 8.23. The highest BCUT2D eigenvalue weighted by Gasteiger charge is 2.34. The molecule has 0 spiro atoms. The average Bonchev–Trinajstić information content (AvgIpc) is 2.45. The predicted octanol–water partition coefficient (Wildman–Crippen LogP) is -0.295. The molecule has 1 fully saturated rings. The van der Waals surface area contributed by atoms with Crippen LogP contribution in [-0.2, 0) is 4.79 Å². The van der Waals surface area contributed by atoms with Crippen molar-refractivity contribution in [3.63, 3.8) is 0 Å². The molecule has 76 valence electrons. The summed E-state index contributed by atoms with van der Waals surface area (Å²) in [5.41, 5.74) is 5.52. The summed E-state index contributed by atoms with van der Waals surface area (Å²) in [7, 11) is 0. The fourth-order valence-electron chi connectivity index (χ4n) is 1.88. The highest BCUT2D eigenvalue weighted by Crippen LogP contribution is 2.23. The first-order valence-corrected chi connectivity index (χ1v) is 4.76. The second kappa shape index (κ2) is 4.07. The monoisotopic (exact) mass is 186 g/mol. The van der Waals surface area contributed by atoms with E-state index in [4.69, 9.17) is 10.8 Å². The van der Waals surface area contributed by atoms with Crippen LogP contribution in [0.15, 0.2) is 0 Å². The minimum atomic E-state index is -0.463. The fraction of sp³-hybridized carbons (Fsp3) is 0.889. The van der Waals surface area contributed by atoms with E-state index >= 15 is 0 Å². The summed E-state index contributed by atoms with van der Waals surface area (Å²) in [6.45, 7) is 3.72. The highest BCUT2D eigenvalue weighted by molar-refractivity contribution is 5.82. The number of nitrogens with two attached hydrogens (primary N) is 1. The van der Waals surface area contributed by atoms with E-state index in [1.165, 1.54) is 0 Å². The molecule has 0 aromatic carbocycles. The van der Waals surface area contributed by atoms with Crippen molar-refractivity contribution in [1.29, 1.82) is 0 Å². The standard InChI is InChI=1S/C9H18N2O2/c1-6-3-4-8(5-12)11(6)9(13)7(2)10/h6-8,12H,3-5,10H2,1-2H3/t6?,7-,8?/m1/s1. The summed E-state index contributed by atoms with van der Waals surface area (Å²) in [4.78, 5) is 13.3. The number of likely N-dealkylation sites (tertiary alicyclic amines) is 1. The molecular formula is C9H18N2O2. The Hall–Kier alpha value is -0.610. The van der Waals surface area contributed by atoms with Gasteiger partial charge in [-0.2, -0.15) is 0 Å². The lowest BCUT2D eigenvalue weighted by molar-refractivity contribution is -0.135. The van der Waals surface area contributed by atoms with Gasteiger partial charge in [0, 0.05) is 6.04 Å². The van der Waals surface area contributed by atoms with Gasteiger partial charge in [0.25, 0.3) is 0 Å². The number of amides is 1. The Morgan fingerprint density at radius 1 is 1.69 bits per heavy atom. The molecule has 3 N–H and O–H groups in total. The molecule has 0 aliphatic carbocycles. The van der Waals surface area contributed by atoms with Crippen molar-refractivity contribution in [2.75, 3.05) is 6.61 Å². The molecule has 4 heteroatoms. The molecule has 0 radical (unpaired) electrons. The smallest absolute Gasteiger partial charge is 0.239 e. The summed E-state index contributed by atoms with van der Waals surface area (Å²) in [6, 6.07) is -0.265. The molecule has 0 aromatic heterocycles. The van der Waals surface area contributed by atoms with Crippen LogP contribution >= 0.6 is 0 Å². The average molecular weight is 186 g/mol. The molecule has 0 aromatic rings. The second-order valence-electron chi connectivity index (χ2n) is 3.80. The Morgan fingerprint density at radius 3 is 2.77 bits per heavy atom. The molecular weight excluding hydrogens is 168 g/mol. The second-order valence-corrected chi connectivity index (χ2v) is 3.80. The minimum Gasteiger partial charge on any atom is -0.394 e. The van der Waals surface area contributed by atoms with Gasteiger partial charge in [-0.05, 0) is 26.7 Å². The van der Waals surface area contributed by atoms with Crippen molar-refractivity contribution in [3.8, 4) is 0 Å². The molecule has 2 unspecified atom stereocenters. The van der Waals surface area contributed by atoms with Crippen LogP contribution in [-0.4, -0.2) is 40.6 Å². The van der Waals surface area contributed by atoms with Crippen molar-refractivity contribution < 1.29 is 9.90 Å². The SMILES string of the molecule is CC1CCC(CO)N1C(=O)[C@@H](C)N. The zero-order valence-corrected chi connectivity index (χ0v) is 8.23. The molecule has 4 nitrogen and oxygen atoms in total. The summed E-state index contributed by atoms with van der Waals surface area (Å²) >= 11 is 0. The van der Waals surface area contributed by atoms with Gasteiger partial charge in [0.2, 0.25) is 5.91 Å². The van der Waals surface area contributed by atoms with Gasteiger partial charge in [-0.25, -0.2) is 0 Å². The van der Waals surface area contributed by atoms with Crippen molar-refractivity contribution in [1.82, 2.24) is 4.90 Å². The first-order valence-electron chi connectivity index (χ1n) is 4.76. The van der Waals surface area contributed by atoms with E-state index in [0.717, 1.165) is 12.8 Å². The molecule has 1 amide bonds. The third-order valence-corrected chi connectivity index (χ3v) is 2.64. The van der Waals surface area contributed by atoms with E-state index < -0.39 is 6.04 Å². The fourth-order valence-corrected chi connectivity index (χ4v) is 1.88. The van der Waals surface area contributed by atoms with E-state index in [1.54, 1.807) is 11.8 Å². The van der Waals surface area contributed by atoms with Crippen LogP contribution in [0.5, 0.6) is 0 Å². The van der Waals surface area contributed by atoms with Crippen molar-refractivity contribution in [2.24, 2.45) is 5.73 Å². The Morgan fingerprint density at radius 2 is 2.31 bits per heavy atom. The molecule has 13 heavy (non-hydrogen) atoms. The Bertz CT molecular complexity index is 194. The number of aliphatic hydroxyl groups is 1. The normalized spacial score (nSPS) is 30.6. The van der Waals surface area contributed by atoms with Gasteiger partial charge in [0.15, 0.2) is 0 Å². The van der Waals surface area contributed by atoms with Gasteiger partial charge in [-0.3, -0.25) is 4.79 Å². The Labute approximate surface area is 78.7 Å². The number of aliphatic hydroxyl groups excluding tert-OH is 1. The number of nitrogens with zero attached hydrogens (tertiary/aromatic N) is 1. The molecule has 1 rings (SSSR count). The molecule has 1 aliphatic heterocycles. The van der Waals surface area contributed by atoms with Gasteiger partial charge < -0.3 is 15.7 Å². The molecule has 1 heterocycles. The number of carbonyl (C=O) groups excluding carboxylic acids is 1. The first-order chi connectivity index (χ1) is 6.07. The van der Waals surface area contributed by atoms with Crippen LogP contribution in [0.25, 0.3) is 0 Å². The van der Waals surface area contributed by atoms with Crippen LogP contribution in [0.1, 0.15) is 26.7 Å². The number of rotatable bonds is 2. The molecule has 1 aliphatic rings. The highest BCUT2D eigenvalue weighted by atomic mass is 16.3. The van der Waals surface area contributed by atoms with Gasteiger partial charge >= 0.3 is 0 Å². The summed E-state index contributed by atoms with van der Waals surface area (Å²) in [5, 5.41) is 9.05. The van der Waals surface area contributed by atoms with Gasteiger partial charge in [-0.15, -0.1) is 0 Å². The molecule has 0 bridgehead atoms. The first kappa shape index (κ1) is 10.5. The van der Waals surface area contributed by atoms with E-state index in [2.05, 4.69) is 0 Å². The van der Waals surface area contributed by atoms with Crippen molar-refractivity contribution in [2.45, 2.75) is 44.8 Å². The number of hydrogen-bond acceptors (Lipinski definition) is 3. The van der Waals surface area contributed by atoms with Crippen molar-refractivity contribution in [3.05, 3.63) is 0 Å². The van der Waals surface area contributed by atoms with Gasteiger partial charge in [0.05, 0.1) is 18.7 Å². The quantitative estimate of drug-likeness (QED) is 0.622. The Kier molecular flexibility index (Phi) is 3.27. The Balaban J connectivity index is 2.69. The van der Waals surface area contributed by atoms with Crippen molar-refractivity contribution >= 4 is 5.91 Å². The summed E-state index contributed by atoms with van der Waals surface area (Å²) < 4.78 is 0. The lowest BCUT2D eigenvalue weighted by Gasteiger charge is -2.28. The topological polar surface area (TPSA) is 66.6 Å². The largest absolute Gasteiger partial charge is 0.394 e. The molecule has 0 saturated carbocycles. The van der Waals surface area contributed by atoms with Gasteiger partial charge in [0.1, 0.15) is 0 Å². The predicted molar refractivity (Wildman–Crippen MR) is 50.1 cm³/mol. The molecule has 1 saturated heterocycles. The zero-order chi connectivity index (χ0) is 10.0. The van der Waals surface area contributed by atoms with E-state index in [-0.39, 0.29) is 24.6 Å². The van der Waals surface area contributed by atoms with E-state index in [1.807, 2.05) is 6.92 Å². The lowest BCUT2D eigenvalue weighted by atomic mass is 10.2. The van der Waals surface area contributed by atoms with E-state index in [9.17, 15) is 4.79 Å². The van der Waals surface area contributed by atoms with E-state index in [0.29, 0.717) is 0 Å². The summed E-state index contributed by atoms with van der Waals surface area (Å²) in [5.74, 6) is -0.0518. The maximum absolute atomic E-state index is 11.6. The van der Waals surface area contributed by atoms with Crippen LogP contribution < -0.4 is 5.73 Å². The maximum atomic E-state index is 11.6. The van der Waals surface area contributed by atoms with Crippen LogP contribution in [0.3, 0.4) is 0 Å². The summed E-state index contributed by atoms with van der Waals surface area (Å²) in [6.07, 6.45) is 1.85. The van der Waals surface area contributed by atoms with Crippen LogP contribution in [0.2, 0.25) is 0 Å². The minimum absolute atomic E-state index is 0.0199. The number of carbonyl (C=O) groups is 1. The lowest BCUT2D eigenvalue weighted by Crippen LogP contribution is -2.48. The van der Waals surface area contributed by atoms with Crippen LogP contribution in [0.4, 0.5) is 0 Å².